The summed E-state index contributed by atoms with van der Waals surface area (Å²) in [6.07, 6.45) is 1.60. The summed E-state index contributed by atoms with van der Waals surface area (Å²) < 4.78 is 15.3. The fraction of sp³-hybridized carbons (Fsp3) is 0.200. The molecule has 0 radical (unpaired) electrons. The molecule has 0 amide bonds. The van der Waals surface area contributed by atoms with Gasteiger partial charge in [0.1, 0.15) is 12.1 Å². The molecule has 0 unspecified atom stereocenters. The van der Waals surface area contributed by atoms with Crippen LogP contribution < -0.4 is 11.1 Å². The van der Waals surface area contributed by atoms with Crippen molar-refractivity contribution in [2.45, 2.75) is 6.54 Å². The minimum atomic E-state index is -0.365. The Balaban J connectivity index is 2.11. The highest BCUT2D eigenvalue weighted by Crippen LogP contribution is 2.26. The maximum atomic E-state index is 13.3. The first kappa shape index (κ1) is 11.8. The maximum absolute atomic E-state index is 13.3. The van der Waals surface area contributed by atoms with Gasteiger partial charge in [-0.05, 0) is 22.0 Å². The number of halogens is 2. The van der Waals surface area contributed by atoms with Crippen LogP contribution in [0.25, 0.3) is 0 Å². The van der Waals surface area contributed by atoms with Gasteiger partial charge in [0, 0.05) is 13.1 Å². The van der Waals surface area contributed by atoms with Crippen molar-refractivity contribution in [3.8, 4) is 0 Å². The second kappa shape index (κ2) is 4.70. The summed E-state index contributed by atoms with van der Waals surface area (Å²) in [5, 5.41) is 7.08. The molecular formula is C10H11BrFN5. The standard InChI is InChI=1S/C10H11BrFN5/c1-17-5-15-10(16-17)4-14-9-3-7(12)6(11)2-8(9)13/h2-3,5,14H,4,13H2,1H3. The molecule has 0 aliphatic carbocycles. The molecule has 17 heavy (non-hydrogen) atoms. The summed E-state index contributed by atoms with van der Waals surface area (Å²) in [5.41, 5.74) is 6.75. The summed E-state index contributed by atoms with van der Waals surface area (Å²) in [6, 6.07) is 2.85. The maximum Gasteiger partial charge on any atom is 0.169 e. The molecule has 1 aromatic heterocycles. The molecule has 5 nitrogen and oxygen atoms in total. The van der Waals surface area contributed by atoms with E-state index in [2.05, 4.69) is 31.3 Å². The number of benzene rings is 1. The zero-order valence-corrected chi connectivity index (χ0v) is 10.7. The molecule has 90 valence electrons. The Labute approximate surface area is 106 Å². The number of aromatic nitrogens is 3. The van der Waals surface area contributed by atoms with Crippen molar-refractivity contribution in [1.82, 2.24) is 14.8 Å². The fourth-order valence-corrected chi connectivity index (χ4v) is 1.72. The number of hydrogen-bond acceptors (Lipinski definition) is 4. The van der Waals surface area contributed by atoms with Crippen LogP contribution in [0.1, 0.15) is 5.82 Å². The third-order valence-electron chi connectivity index (χ3n) is 2.18. The Morgan fingerprint density at radius 3 is 2.94 bits per heavy atom. The molecule has 0 fully saturated rings. The van der Waals surface area contributed by atoms with Crippen molar-refractivity contribution in [2.75, 3.05) is 11.1 Å². The molecule has 0 aliphatic rings. The lowest BCUT2D eigenvalue weighted by Crippen LogP contribution is -2.05. The Bertz CT molecular complexity index is 539. The molecule has 2 aromatic rings. The van der Waals surface area contributed by atoms with E-state index in [4.69, 9.17) is 5.73 Å². The summed E-state index contributed by atoms with van der Waals surface area (Å²) in [7, 11) is 1.78. The zero-order chi connectivity index (χ0) is 12.4. The van der Waals surface area contributed by atoms with Gasteiger partial charge in [-0.25, -0.2) is 9.37 Å². The van der Waals surface area contributed by atoms with Gasteiger partial charge in [-0.1, -0.05) is 0 Å². The summed E-state index contributed by atoms with van der Waals surface area (Å²) >= 11 is 3.07. The molecule has 0 bridgehead atoms. The van der Waals surface area contributed by atoms with Crippen LogP contribution in [0.4, 0.5) is 15.8 Å². The third-order valence-corrected chi connectivity index (χ3v) is 2.78. The van der Waals surface area contributed by atoms with Crippen LogP contribution in [-0.2, 0) is 13.6 Å². The van der Waals surface area contributed by atoms with Gasteiger partial charge >= 0.3 is 0 Å². The zero-order valence-electron chi connectivity index (χ0n) is 9.11. The van der Waals surface area contributed by atoms with Crippen LogP contribution in [0.2, 0.25) is 0 Å². The molecular weight excluding hydrogens is 289 g/mol. The van der Waals surface area contributed by atoms with Crippen LogP contribution in [0.5, 0.6) is 0 Å². The van der Waals surface area contributed by atoms with Crippen LogP contribution >= 0.6 is 15.9 Å². The van der Waals surface area contributed by atoms with Gasteiger partial charge in [0.2, 0.25) is 0 Å². The minimum Gasteiger partial charge on any atom is -0.397 e. The number of aryl methyl sites for hydroxylation is 1. The highest BCUT2D eigenvalue weighted by atomic mass is 79.9. The summed E-state index contributed by atoms with van der Waals surface area (Å²) in [6.45, 7) is 0.395. The predicted octanol–water partition coefficient (Wildman–Crippen LogP) is 1.91. The molecule has 2 rings (SSSR count). The molecule has 0 aliphatic heterocycles. The first-order valence-electron chi connectivity index (χ1n) is 4.89. The van der Waals surface area contributed by atoms with Crippen molar-refractivity contribution in [1.29, 1.82) is 0 Å². The van der Waals surface area contributed by atoms with Crippen molar-refractivity contribution in [3.05, 3.63) is 34.6 Å². The SMILES string of the molecule is Cn1cnc(CNc2cc(F)c(Br)cc2N)n1. The monoisotopic (exact) mass is 299 g/mol. The Kier molecular flexibility index (Phi) is 3.28. The van der Waals surface area contributed by atoms with E-state index >= 15 is 0 Å². The van der Waals surface area contributed by atoms with Crippen molar-refractivity contribution >= 4 is 27.3 Å². The van der Waals surface area contributed by atoms with Gasteiger partial charge in [0.05, 0.1) is 22.4 Å². The topological polar surface area (TPSA) is 68.8 Å². The summed E-state index contributed by atoms with van der Waals surface area (Å²) in [5.74, 6) is 0.255. The van der Waals surface area contributed by atoms with Gasteiger partial charge < -0.3 is 11.1 Å². The van der Waals surface area contributed by atoms with Gasteiger partial charge in [0.15, 0.2) is 5.82 Å². The lowest BCUT2D eigenvalue weighted by molar-refractivity contribution is 0.621. The van der Waals surface area contributed by atoms with E-state index in [0.717, 1.165) is 0 Å². The second-order valence-corrected chi connectivity index (χ2v) is 4.40. The Hall–Kier alpha value is -1.63. The fourth-order valence-electron chi connectivity index (χ4n) is 1.35. The molecule has 1 aromatic carbocycles. The smallest absolute Gasteiger partial charge is 0.169 e. The van der Waals surface area contributed by atoms with Crippen LogP contribution in [-0.4, -0.2) is 14.8 Å². The number of anilines is 2. The van der Waals surface area contributed by atoms with E-state index in [0.29, 0.717) is 28.2 Å². The lowest BCUT2D eigenvalue weighted by atomic mass is 10.2. The molecule has 0 saturated heterocycles. The lowest BCUT2D eigenvalue weighted by Gasteiger charge is -2.08. The van der Waals surface area contributed by atoms with E-state index in [-0.39, 0.29) is 5.82 Å². The largest absolute Gasteiger partial charge is 0.397 e. The normalized spacial score (nSPS) is 10.5. The number of rotatable bonds is 3. The number of nitrogen functional groups attached to an aromatic ring is 1. The predicted molar refractivity (Wildman–Crippen MR) is 66.8 cm³/mol. The quantitative estimate of drug-likeness (QED) is 0.850. The minimum absolute atomic E-state index is 0.344. The van der Waals surface area contributed by atoms with Gasteiger partial charge in [-0.15, -0.1) is 0 Å². The molecule has 3 N–H and O–H groups in total. The second-order valence-electron chi connectivity index (χ2n) is 3.54. The molecule has 7 heteroatoms. The highest BCUT2D eigenvalue weighted by Gasteiger charge is 2.06. The van der Waals surface area contributed by atoms with Crippen molar-refractivity contribution < 1.29 is 4.39 Å². The van der Waals surface area contributed by atoms with E-state index in [1.807, 2.05) is 0 Å². The average Bonchev–Trinajstić information content (AvgIpc) is 2.68. The number of nitrogens with two attached hydrogens (primary N) is 1. The Morgan fingerprint density at radius 1 is 1.53 bits per heavy atom. The van der Waals surface area contributed by atoms with Crippen LogP contribution in [0, 0.1) is 5.82 Å². The van der Waals surface area contributed by atoms with E-state index < -0.39 is 0 Å². The van der Waals surface area contributed by atoms with Gasteiger partial charge in [-0.3, -0.25) is 4.68 Å². The van der Waals surface area contributed by atoms with Crippen LogP contribution in [0.3, 0.4) is 0 Å². The van der Waals surface area contributed by atoms with Crippen molar-refractivity contribution in [2.24, 2.45) is 7.05 Å². The highest BCUT2D eigenvalue weighted by molar-refractivity contribution is 9.10. The van der Waals surface area contributed by atoms with Crippen molar-refractivity contribution in [3.63, 3.8) is 0 Å². The van der Waals surface area contributed by atoms with Gasteiger partial charge in [0.25, 0.3) is 0 Å². The number of nitrogens with zero attached hydrogens (tertiary/aromatic N) is 3. The average molecular weight is 300 g/mol. The third kappa shape index (κ3) is 2.73. The number of nitrogens with one attached hydrogen (secondary N) is 1. The van der Waals surface area contributed by atoms with Crippen LogP contribution in [0.15, 0.2) is 22.9 Å². The van der Waals surface area contributed by atoms with Gasteiger partial charge in [-0.2, -0.15) is 5.10 Å². The van der Waals surface area contributed by atoms with E-state index in [1.54, 1.807) is 18.1 Å². The molecule has 0 atom stereocenters. The number of hydrogen-bond donors (Lipinski definition) is 2. The molecule has 0 saturated carbocycles. The molecule has 1 heterocycles. The van der Waals surface area contributed by atoms with E-state index in [1.165, 1.54) is 12.1 Å². The van der Waals surface area contributed by atoms with E-state index in [9.17, 15) is 4.39 Å². The summed E-state index contributed by atoms with van der Waals surface area (Å²) in [4.78, 5) is 4.05. The molecule has 0 spiro atoms. The Morgan fingerprint density at radius 2 is 2.29 bits per heavy atom. The first-order valence-corrected chi connectivity index (χ1v) is 5.68. The first-order chi connectivity index (χ1) is 8.06.